The molecule has 0 unspecified atom stereocenters. The number of rotatable bonds is 8. The predicted molar refractivity (Wildman–Crippen MR) is 117 cm³/mol. The van der Waals surface area contributed by atoms with Crippen LogP contribution in [0.25, 0.3) is 10.2 Å². The predicted octanol–water partition coefficient (Wildman–Crippen LogP) is 3.44. The van der Waals surface area contributed by atoms with Gasteiger partial charge in [0.2, 0.25) is 0 Å². The number of amides is 1. The van der Waals surface area contributed by atoms with Gasteiger partial charge in [-0.1, -0.05) is 12.1 Å². The van der Waals surface area contributed by atoms with Crippen molar-refractivity contribution in [3.8, 4) is 0 Å². The minimum Gasteiger partial charge on any atom is -0.379 e. The van der Waals surface area contributed by atoms with Crippen LogP contribution in [0.15, 0.2) is 30.3 Å². The number of halogens is 1. The first-order valence-electron chi connectivity index (χ1n) is 10.4. The lowest BCUT2D eigenvalue weighted by Gasteiger charge is -2.26. The maximum absolute atomic E-state index is 13.1. The number of ether oxygens (including phenoxy) is 1. The van der Waals surface area contributed by atoms with Crippen LogP contribution in [-0.4, -0.2) is 60.0 Å². The normalized spacial score (nSPS) is 15.0. The third kappa shape index (κ3) is 5.06. The summed E-state index contributed by atoms with van der Waals surface area (Å²) in [5.41, 5.74) is 1.87. The van der Waals surface area contributed by atoms with Gasteiger partial charge in [0.1, 0.15) is 10.6 Å². The number of nitrogens with zero attached hydrogens (tertiary/aromatic N) is 3. The molecule has 160 valence electrons. The summed E-state index contributed by atoms with van der Waals surface area (Å²) in [6.45, 7) is 7.88. The molecular formula is C22H27FN4O2S. The zero-order valence-electron chi connectivity index (χ0n) is 17.2. The number of fused-ring (bicyclic) bond motifs is 1. The number of benzene rings is 1. The number of nitrogens with one attached hydrogen (secondary N) is 1. The summed E-state index contributed by atoms with van der Waals surface area (Å²) in [5.74, 6) is -0.282. The molecule has 6 nitrogen and oxygen atoms in total. The number of thiophene rings is 1. The molecule has 3 heterocycles. The second-order valence-electron chi connectivity index (χ2n) is 7.62. The first-order valence-corrected chi connectivity index (χ1v) is 11.2. The zero-order valence-corrected chi connectivity index (χ0v) is 18.0. The van der Waals surface area contributed by atoms with Crippen LogP contribution < -0.4 is 5.32 Å². The second-order valence-corrected chi connectivity index (χ2v) is 8.65. The summed E-state index contributed by atoms with van der Waals surface area (Å²) < 4.78 is 20.4. The van der Waals surface area contributed by atoms with E-state index in [9.17, 15) is 9.18 Å². The first kappa shape index (κ1) is 21.0. The fourth-order valence-electron chi connectivity index (χ4n) is 3.67. The van der Waals surface area contributed by atoms with Gasteiger partial charge in [0, 0.05) is 25.0 Å². The van der Waals surface area contributed by atoms with Gasteiger partial charge in [-0.2, -0.15) is 5.10 Å². The number of hydrogen-bond donors (Lipinski definition) is 1. The Morgan fingerprint density at radius 2 is 2.00 bits per heavy atom. The number of carbonyl (C=O) groups is 1. The minimum atomic E-state index is -0.249. The summed E-state index contributed by atoms with van der Waals surface area (Å²) in [4.78, 5) is 16.7. The Labute approximate surface area is 179 Å². The molecule has 0 aliphatic carbocycles. The van der Waals surface area contributed by atoms with E-state index in [1.165, 1.54) is 23.5 Å². The van der Waals surface area contributed by atoms with Crippen molar-refractivity contribution >= 4 is 27.5 Å². The van der Waals surface area contributed by atoms with Gasteiger partial charge in [-0.25, -0.2) is 4.39 Å². The average molecular weight is 431 g/mol. The average Bonchev–Trinajstić information content (AvgIpc) is 3.31. The molecule has 1 aromatic carbocycles. The molecule has 0 radical (unpaired) electrons. The fraction of sp³-hybridized carbons (Fsp3) is 0.455. The van der Waals surface area contributed by atoms with Crippen molar-refractivity contribution in [2.45, 2.75) is 26.3 Å². The molecule has 1 fully saturated rings. The lowest BCUT2D eigenvalue weighted by molar-refractivity contribution is 0.0372. The van der Waals surface area contributed by atoms with Gasteiger partial charge in [0.15, 0.2) is 0 Å². The second kappa shape index (κ2) is 9.68. The van der Waals surface area contributed by atoms with Crippen molar-refractivity contribution in [1.29, 1.82) is 0 Å². The van der Waals surface area contributed by atoms with Crippen LogP contribution in [0.3, 0.4) is 0 Å². The summed E-state index contributed by atoms with van der Waals surface area (Å²) >= 11 is 1.45. The van der Waals surface area contributed by atoms with Crippen molar-refractivity contribution in [3.63, 3.8) is 0 Å². The molecule has 0 atom stereocenters. The maximum Gasteiger partial charge on any atom is 0.261 e. The summed E-state index contributed by atoms with van der Waals surface area (Å²) in [7, 11) is 0. The van der Waals surface area contributed by atoms with E-state index >= 15 is 0 Å². The Balaban J connectivity index is 1.32. The molecule has 1 aliphatic heterocycles. The van der Waals surface area contributed by atoms with Crippen LogP contribution in [0.2, 0.25) is 0 Å². The summed E-state index contributed by atoms with van der Waals surface area (Å²) in [6, 6.07) is 8.35. The quantitative estimate of drug-likeness (QED) is 0.556. The molecule has 4 rings (SSSR count). The van der Waals surface area contributed by atoms with Crippen molar-refractivity contribution in [2.24, 2.45) is 0 Å². The fourth-order valence-corrected chi connectivity index (χ4v) is 4.75. The van der Waals surface area contributed by atoms with E-state index in [1.807, 2.05) is 17.7 Å². The molecule has 3 aromatic rings. The number of unbranched alkanes of at least 4 members (excludes halogenated alkanes) is 1. The lowest BCUT2D eigenvalue weighted by Crippen LogP contribution is -2.37. The Hall–Kier alpha value is -2.29. The minimum absolute atomic E-state index is 0.0321. The SMILES string of the molecule is Cc1nn(Cc2ccc(F)cc2)c2sc(C(=O)NCCCCN3CCOCC3)cc12. The Morgan fingerprint density at radius 1 is 1.23 bits per heavy atom. The van der Waals surface area contributed by atoms with Crippen molar-refractivity contribution in [3.05, 3.63) is 52.3 Å². The van der Waals surface area contributed by atoms with Crippen LogP contribution >= 0.6 is 11.3 Å². The largest absolute Gasteiger partial charge is 0.379 e. The Kier molecular flexibility index (Phi) is 6.76. The standard InChI is InChI=1S/C22H27FN4O2S/c1-16-19-14-20(21(28)24-8-2-3-9-26-10-12-29-13-11-26)30-22(19)27(25-16)15-17-4-6-18(23)7-5-17/h4-7,14H,2-3,8-13,15H2,1H3,(H,24,28). The van der Waals surface area contributed by atoms with Gasteiger partial charge >= 0.3 is 0 Å². The van der Waals surface area contributed by atoms with Crippen molar-refractivity contribution in [1.82, 2.24) is 20.0 Å². The first-order chi connectivity index (χ1) is 14.6. The highest BCUT2D eigenvalue weighted by Crippen LogP contribution is 2.29. The van der Waals surface area contributed by atoms with Crippen LogP contribution in [0, 0.1) is 12.7 Å². The topological polar surface area (TPSA) is 59.4 Å². The van der Waals surface area contributed by atoms with Crippen LogP contribution in [0.5, 0.6) is 0 Å². The van der Waals surface area contributed by atoms with Gasteiger partial charge < -0.3 is 10.1 Å². The van der Waals surface area contributed by atoms with E-state index in [1.54, 1.807) is 12.1 Å². The highest BCUT2D eigenvalue weighted by atomic mass is 32.1. The third-order valence-electron chi connectivity index (χ3n) is 5.37. The van der Waals surface area contributed by atoms with Gasteiger partial charge in [-0.05, 0) is 50.1 Å². The highest BCUT2D eigenvalue weighted by molar-refractivity contribution is 7.20. The smallest absolute Gasteiger partial charge is 0.261 e. The molecule has 30 heavy (non-hydrogen) atoms. The molecule has 1 N–H and O–H groups in total. The maximum atomic E-state index is 13.1. The number of aromatic nitrogens is 2. The van der Waals surface area contributed by atoms with Gasteiger partial charge in [-0.15, -0.1) is 11.3 Å². The van der Waals surface area contributed by atoms with E-state index in [0.29, 0.717) is 18.0 Å². The number of carbonyl (C=O) groups excluding carboxylic acids is 1. The zero-order chi connectivity index (χ0) is 20.9. The molecular weight excluding hydrogens is 403 g/mol. The number of morpholine rings is 1. The van der Waals surface area contributed by atoms with E-state index in [4.69, 9.17) is 4.74 Å². The van der Waals surface area contributed by atoms with E-state index in [2.05, 4.69) is 15.3 Å². The summed E-state index contributed by atoms with van der Waals surface area (Å²) in [6.07, 6.45) is 2.03. The Bertz CT molecular complexity index is 993. The molecule has 2 aromatic heterocycles. The van der Waals surface area contributed by atoms with E-state index < -0.39 is 0 Å². The molecule has 1 aliphatic rings. The van der Waals surface area contributed by atoms with Gasteiger partial charge in [-0.3, -0.25) is 14.4 Å². The molecule has 8 heteroatoms. The number of aryl methyl sites for hydroxylation is 1. The summed E-state index contributed by atoms with van der Waals surface area (Å²) in [5, 5.41) is 8.63. The van der Waals surface area contributed by atoms with Gasteiger partial charge in [0.05, 0.1) is 30.3 Å². The lowest BCUT2D eigenvalue weighted by atomic mass is 10.2. The molecule has 0 bridgehead atoms. The molecule has 1 amide bonds. The van der Waals surface area contributed by atoms with Gasteiger partial charge in [0.25, 0.3) is 5.91 Å². The van der Waals surface area contributed by atoms with E-state index in [-0.39, 0.29) is 11.7 Å². The van der Waals surface area contributed by atoms with Crippen LogP contribution in [0.1, 0.15) is 33.8 Å². The van der Waals surface area contributed by atoms with E-state index in [0.717, 1.165) is 67.2 Å². The third-order valence-corrected chi connectivity index (χ3v) is 6.51. The van der Waals surface area contributed by atoms with Crippen LogP contribution in [-0.2, 0) is 11.3 Å². The van der Waals surface area contributed by atoms with Crippen molar-refractivity contribution in [2.75, 3.05) is 39.4 Å². The molecule has 0 saturated carbocycles. The Morgan fingerprint density at radius 3 is 2.77 bits per heavy atom. The number of hydrogen-bond acceptors (Lipinski definition) is 5. The molecule has 0 spiro atoms. The molecule has 1 saturated heterocycles. The highest BCUT2D eigenvalue weighted by Gasteiger charge is 2.16. The van der Waals surface area contributed by atoms with Crippen LogP contribution in [0.4, 0.5) is 4.39 Å². The monoisotopic (exact) mass is 430 g/mol. The van der Waals surface area contributed by atoms with Crippen molar-refractivity contribution < 1.29 is 13.9 Å².